The Morgan fingerprint density at radius 1 is 0.156 bits per heavy atom. The minimum Gasteiger partial charge on any atom is -0.0776 e. The molecule has 0 N–H and O–H groups in total. The Kier molecular flexibility index (Phi) is 1020. The summed E-state index contributed by atoms with van der Waals surface area (Å²) < 4.78 is 0. The van der Waals surface area contributed by atoms with Crippen molar-refractivity contribution in [2.45, 2.75) is 220 Å². The van der Waals surface area contributed by atoms with Gasteiger partial charge < -0.3 is 0 Å². The monoisotopic (exact) mass is 477 g/mol. The van der Waals surface area contributed by atoms with Crippen LogP contribution in [0.15, 0.2) is 0 Å². The minimum absolute atomic E-state index is 0. The van der Waals surface area contributed by atoms with E-state index in [0.717, 1.165) is 0 Å². The van der Waals surface area contributed by atoms with Crippen LogP contribution in [0.4, 0.5) is 0 Å². The first-order chi connectivity index (χ1) is 12.7. The van der Waals surface area contributed by atoms with Gasteiger partial charge >= 0.3 is 0 Å². The maximum Gasteiger partial charge on any atom is -0.0590 e. The van der Waals surface area contributed by atoms with Crippen LogP contribution in [0.1, 0.15) is 220 Å². The fourth-order valence-electron chi connectivity index (χ4n) is 0. The first-order valence-electron chi connectivity index (χ1n) is 12.7. The third kappa shape index (κ3) is 0. The molecular formula is C32H92. The molecule has 0 aromatic carbocycles. The van der Waals surface area contributed by atoms with Gasteiger partial charge in [0.25, 0.3) is 0 Å². The lowest BCUT2D eigenvalue weighted by atomic mass is 10.6. The standard InChI is InChI=1S/9C3H8.5CH4/c9*1-3-2;;;;;/h9*3H2,1-2H3;5*1H4. The molecule has 0 radical (unpaired) electrons. The molecule has 0 aliphatic heterocycles. The number of hydrogen-bond acceptors (Lipinski definition) is 0. The number of rotatable bonds is 0. The van der Waals surface area contributed by atoms with E-state index in [1.165, 1.54) is 57.8 Å². The van der Waals surface area contributed by atoms with Gasteiger partial charge in [0.2, 0.25) is 0 Å². The van der Waals surface area contributed by atoms with Crippen molar-refractivity contribution in [1.82, 2.24) is 0 Å². The van der Waals surface area contributed by atoms with Crippen molar-refractivity contribution in [2.24, 2.45) is 0 Å². The third-order valence-electron chi connectivity index (χ3n) is 0. The van der Waals surface area contributed by atoms with Crippen molar-refractivity contribution in [1.29, 1.82) is 0 Å². The van der Waals surface area contributed by atoms with E-state index < -0.39 is 0 Å². The van der Waals surface area contributed by atoms with Crippen molar-refractivity contribution in [2.75, 3.05) is 0 Å². The summed E-state index contributed by atoms with van der Waals surface area (Å²) in [7, 11) is 0. The molecule has 0 bridgehead atoms. The molecule has 0 nitrogen and oxygen atoms in total. The largest absolute Gasteiger partial charge is 0.0776 e. The van der Waals surface area contributed by atoms with Gasteiger partial charge in [-0.3, -0.25) is 0 Å². The van der Waals surface area contributed by atoms with Gasteiger partial charge in [0.1, 0.15) is 0 Å². The maximum atomic E-state index is 2.12. The van der Waals surface area contributed by atoms with Crippen LogP contribution in [0, 0.1) is 0 Å². The van der Waals surface area contributed by atoms with Gasteiger partial charge in [-0.2, -0.15) is 0 Å². The van der Waals surface area contributed by atoms with Gasteiger partial charge in [-0.15, -0.1) is 0 Å². The molecule has 0 amide bonds. The van der Waals surface area contributed by atoms with E-state index in [4.69, 9.17) is 0 Å². The lowest BCUT2D eigenvalue weighted by molar-refractivity contribution is 1.09. The van der Waals surface area contributed by atoms with Crippen LogP contribution in [0.5, 0.6) is 0 Å². The highest BCUT2D eigenvalue weighted by molar-refractivity contribution is 3.94. The molecule has 220 valence electrons. The molecule has 0 fully saturated rings. The van der Waals surface area contributed by atoms with E-state index in [1.54, 1.807) is 0 Å². The Bertz CT molecular complexity index is 28.5. The molecule has 0 aliphatic carbocycles. The van der Waals surface area contributed by atoms with Crippen LogP contribution in [-0.2, 0) is 0 Å². The van der Waals surface area contributed by atoms with Crippen LogP contribution < -0.4 is 0 Å². The molecule has 32 heavy (non-hydrogen) atoms. The van der Waals surface area contributed by atoms with Crippen LogP contribution in [0.3, 0.4) is 0 Å². The fourth-order valence-corrected chi connectivity index (χ4v) is 0. The molecule has 0 aromatic rings. The predicted molar refractivity (Wildman–Crippen MR) is 177 cm³/mol. The smallest absolute Gasteiger partial charge is 0.0590 e. The molecule has 0 aromatic heterocycles. The van der Waals surface area contributed by atoms with E-state index in [1.807, 2.05) is 0 Å². The van der Waals surface area contributed by atoms with Crippen LogP contribution >= 0.6 is 0 Å². The average molecular weight is 477 g/mol. The number of hydrogen-bond donors (Lipinski definition) is 0. The van der Waals surface area contributed by atoms with E-state index in [9.17, 15) is 0 Å². The Morgan fingerprint density at radius 2 is 0.156 bits per heavy atom. The lowest BCUT2D eigenvalue weighted by Gasteiger charge is -1.48. The molecule has 0 heterocycles. The molecule has 0 spiro atoms. The van der Waals surface area contributed by atoms with E-state index in [-0.39, 0.29) is 37.1 Å². The van der Waals surface area contributed by atoms with Gasteiger partial charge in [0, 0.05) is 0 Å². The Hall–Kier alpha value is 0. The molecule has 0 rings (SSSR count). The van der Waals surface area contributed by atoms with Crippen molar-refractivity contribution < 1.29 is 0 Å². The van der Waals surface area contributed by atoms with E-state index in [0.29, 0.717) is 0 Å². The summed E-state index contributed by atoms with van der Waals surface area (Å²) in [5, 5.41) is 0. The maximum absolute atomic E-state index is 2.12. The van der Waals surface area contributed by atoms with Gasteiger partial charge in [-0.05, 0) is 0 Å². The fraction of sp³-hybridized carbons (Fsp3) is 1.00. The topological polar surface area (TPSA) is 0 Å². The van der Waals surface area contributed by atoms with E-state index >= 15 is 0 Å². The van der Waals surface area contributed by atoms with Gasteiger partial charge in [-0.1, -0.05) is 220 Å². The SMILES string of the molecule is C.C.C.C.C.CCC.CCC.CCC.CCC.CCC.CCC.CCC.CCC.CCC. The molecule has 0 saturated heterocycles. The Morgan fingerprint density at radius 3 is 0.156 bits per heavy atom. The molecule has 0 saturated carbocycles. The first-order valence-corrected chi connectivity index (χ1v) is 12.7. The molecule has 0 unspecified atom stereocenters. The summed E-state index contributed by atoms with van der Waals surface area (Å²) in [5.41, 5.74) is 0. The lowest BCUT2D eigenvalue weighted by Crippen LogP contribution is -1.27. The Labute approximate surface area is 219 Å². The van der Waals surface area contributed by atoms with Crippen LogP contribution in [0.2, 0.25) is 0 Å². The highest BCUT2D eigenvalue weighted by Gasteiger charge is 1.38. The van der Waals surface area contributed by atoms with Crippen molar-refractivity contribution >= 4 is 0 Å². The minimum atomic E-state index is 0. The van der Waals surface area contributed by atoms with Gasteiger partial charge in [0.05, 0.1) is 0 Å². The quantitative estimate of drug-likeness (QED) is 0.326. The second-order valence-electron chi connectivity index (χ2n) is 6.36. The predicted octanol–water partition coefficient (Wildman–Crippen LogP) is 15.9. The van der Waals surface area contributed by atoms with Crippen molar-refractivity contribution in [3.63, 3.8) is 0 Å². The summed E-state index contributed by atoms with van der Waals surface area (Å²) in [6, 6.07) is 0. The zero-order valence-corrected chi connectivity index (χ0v) is 24.4. The third-order valence-corrected chi connectivity index (χ3v) is 0. The zero-order chi connectivity index (χ0) is 24.4. The first kappa shape index (κ1) is 94.9. The summed E-state index contributed by atoms with van der Waals surface area (Å²) >= 11 is 0. The summed E-state index contributed by atoms with van der Waals surface area (Å²) in [5.74, 6) is 0. The molecule has 0 heteroatoms. The second-order valence-corrected chi connectivity index (χ2v) is 6.36. The molecule has 0 aliphatic rings. The highest BCUT2D eigenvalue weighted by atomic mass is 13.4. The zero-order valence-electron chi connectivity index (χ0n) is 24.4. The van der Waals surface area contributed by atoms with Crippen molar-refractivity contribution in [3.05, 3.63) is 0 Å². The summed E-state index contributed by atoms with van der Waals surface area (Å²) in [6.07, 6.45) is 11.2. The normalized spacial score (nSPS) is 5.06. The van der Waals surface area contributed by atoms with Crippen molar-refractivity contribution in [3.8, 4) is 0 Å². The van der Waals surface area contributed by atoms with E-state index in [2.05, 4.69) is 125 Å². The summed E-state index contributed by atoms with van der Waals surface area (Å²) in [6.45, 7) is 38.2. The second kappa shape index (κ2) is 344. The average Bonchev–Trinajstić information content (AvgIpc) is 2.53. The molecular weight excluding hydrogens is 384 g/mol. The highest BCUT2D eigenvalue weighted by Crippen LogP contribution is 1.58. The Balaban J connectivity index is -0.00000000931. The van der Waals surface area contributed by atoms with Gasteiger partial charge in [-0.25, -0.2) is 0 Å². The molecule has 0 atom stereocenters. The van der Waals surface area contributed by atoms with Gasteiger partial charge in [0.15, 0.2) is 0 Å². The van der Waals surface area contributed by atoms with Crippen LogP contribution in [-0.4, -0.2) is 0 Å². The van der Waals surface area contributed by atoms with Crippen LogP contribution in [0.25, 0.3) is 0 Å². The summed E-state index contributed by atoms with van der Waals surface area (Å²) in [4.78, 5) is 0.